The van der Waals surface area contributed by atoms with Gasteiger partial charge in [-0.1, -0.05) is 24.3 Å². The molecule has 4 N–H and O–H groups in total. The van der Waals surface area contributed by atoms with Crippen LogP contribution in [0, 0.1) is 6.92 Å². The molecule has 130 valence electrons. The lowest BCUT2D eigenvalue weighted by Crippen LogP contribution is -2.15. The smallest absolute Gasteiger partial charge is 0.185 e. The van der Waals surface area contributed by atoms with Gasteiger partial charge in [0.1, 0.15) is 17.3 Å². The second kappa shape index (κ2) is 8.01. The van der Waals surface area contributed by atoms with E-state index in [9.17, 15) is 4.79 Å². The number of methoxy groups -OCH3 is 2. The molecule has 2 aromatic carbocycles. The molecule has 0 radical (unpaired) electrons. The molecule has 0 saturated carbocycles. The van der Waals surface area contributed by atoms with Crippen molar-refractivity contribution in [1.29, 1.82) is 0 Å². The van der Waals surface area contributed by atoms with E-state index in [2.05, 4.69) is 5.10 Å². The van der Waals surface area contributed by atoms with Gasteiger partial charge >= 0.3 is 0 Å². The van der Waals surface area contributed by atoms with Crippen molar-refractivity contribution < 1.29 is 14.3 Å². The van der Waals surface area contributed by atoms with E-state index in [1.54, 1.807) is 50.6 Å². The molecule has 0 atom stereocenters. The van der Waals surface area contributed by atoms with Gasteiger partial charge in [-0.2, -0.15) is 5.10 Å². The summed E-state index contributed by atoms with van der Waals surface area (Å²) in [5.41, 5.74) is 8.58. The molecule has 0 amide bonds. The summed E-state index contributed by atoms with van der Waals surface area (Å²) in [7, 11) is 3.18. The summed E-state index contributed by atoms with van der Waals surface area (Å²) >= 11 is 0. The minimum Gasteiger partial charge on any atom is -0.496 e. The van der Waals surface area contributed by atoms with Gasteiger partial charge in [0.05, 0.1) is 14.2 Å². The molecule has 0 aliphatic carbocycles. The number of benzene rings is 2. The number of hydrazone groups is 1. The number of carbonyl (C=O) groups is 1. The topological polar surface area (TPSA) is 99.9 Å². The number of ether oxygens (including phenoxy) is 2. The van der Waals surface area contributed by atoms with Gasteiger partial charge in [0, 0.05) is 22.8 Å². The van der Waals surface area contributed by atoms with Crippen LogP contribution in [0.5, 0.6) is 11.5 Å². The highest BCUT2D eigenvalue weighted by molar-refractivity contribution is 6.07. The van der Waals surface area contributed by atoms with E-state index in [1.165, 1.54) is 6.08 Å². The number of amidine groups is 1. The Morgan fingerprint density at radius 1 is 1.04 bits per heavy atom. The van der Waals surface area contributed by atoms with Crippen molar-refractivity contribution in [2.75, 3.05) is 14.2 Å². The Hall–Kier alpha value is -3.28. The van der Waals surface area contributed by atoms with Crippen LogP contribution in [0.15, 0.2) is 47.6 Å². The third kappa shape index (κ3) is 4.17. The van der Waals surface area contributed by atoms with E-state index in [-0.39, 0.29) is 11.6 Å². The molecule has 2 rings (SSSR count). The average molecular weight is 339 g/mol. The molecule has 0 aliphatic heterocycles. The lowest BCUT2D eigenvalue weighted by Gasteiger charge is -2.10. The van der Waals surface area contributed by atoms with Crippen LogP contribution in [0.4, 0.5) is 0 Å². The van der Waals surface area contributed by atoms with Crippen molar-refractivity contribution in [1.82, 2.24) is 0 Å². The Kier molecular flexibility index (Phi) is 5.79. The van der Waals surface area contributed by atoms with Crippen molar-refractivity contribution in [2.24, 2.45) is 16.7 Å². The highest BCUT2D eigenvalue weighted by Crippen LogP contribution is 2.29. The van der Waals surface area contributed by atoms with Gasteiger partial charge in [-0.25, -0.2) is 0 Å². The number of carbonyl (C=O) groups excluding carboxylic acids is 1. The van der Waals surface area contributed by atoms with E-state index in [0.717, 1.165) is 16.9 Å². The van der Waals surface area contributed by atoms with Crippen LogP contribution in [0.1, 0.15) is 27.0 Å². The summed E-state index contributed by atoms with van der Waals surface area (Å²) in [5.74, 6) is 6.58. The molecular weight excluding hydrogens is 318 g/mol. The van der Waals surface area contributed by atoms with Crippen molar-refractivity contribution in [3.8, 4) is 11.5 Å². The number of nitrogens with two attached hydrogens (primary N) is 2. The van der Waals surface area contributed by atoms with E-state index in [0.29, 0.717) is 16.9 Å². The Morgan fingerprint density at radius 2 is 1.64 bits per heavy atom. The second-order valence-corrected chi connectivity index (χ2v) is 5.35. The largest absolute Gasteiger partial charge is 0.496 e. The molecule has 25 heavy (non-hydrogen) atoms. The number of hydrogen-bond acceptors (Lipinski definition) is 5. The lowest BCUT2D eigenvalue weighted by atomic mass is 10.0. The zero-order valence-corrected chi connectivity index (χ0v) is 14.4. The SMILES string of the molecule is COc1cc(OC)c(/C=C/C(=O)c2ccc(/C(N)=N/N)cc2)cc1C. The predicted octanol–water partition coefficient (Wildman–Crippen LogP) is 2.49. The van der Waals surface area contributed by atoms with Crippen molar-refractivity contribution in [3.63, 3.8) is 0 Å². The third-order valence-electron chi connectivity index (χ3n) is 3.77. The zero-order valence-electron chi connectivity index (χ0n) is 14.4. The number of hydrogen-bond donors (Lipinski definition) is 2. The first kappa shape index (κ1) is 18.1. The van der Waals surface area contributed by atoms with Gasteiger partial charge in [0.2, 0.25) is 0 Å². The molecule has 0 fully saturated rings. The molecule has 0 aliphatic rings. The van der Waals surface area contributed by atoms with Gasteiger partial charge in [0.15, 0.2) is 5.78 Å². The number of nitrogens with zero attached hydrogens (tertiary/aromatic N) is 1. The van der Waals surface area contributed by atoms with Gasteiger partial charge in [-0.15, -0.1) is 0 Å². The third-order valence-corrected chi connectivity index (χ3v) is 3.77. The lowest BCUT2D eigenvalue weighted by molar-refractivity contribution is 0.104. The summed E-state index contributed by atoms with van der Waals surface area (Å²) < 4.78 is 10.6. The van der Waals surface area contributed by atoms with Gasteiger partial charge in [0.25, 0.3) is 0 Å². The van der Waals surface area contributed by atoms with Gasteiger partial charge in [-0.3, -0.25) is 4.79 Å². The monoisotopic (exact) mass is 339 g/mol. The van der Waals surface area contributed by atoms with Crippen molar-refractivity contribution in [2.45, 2.75) is 6.92 Å². The first-order valence-corrected chi connectivity index (χ1v) is 7.59. The van der Waals surface area contributed by atoms with E-state index < -0.39 is 0 Å². The first-order valence-electron chi connectivity index (χ1n) is 7.59. The molecule has 0 spiro atoms. The molecule has 0 heterocycles. The molecule has 0 saturated heterocycles. The molecule has 6 nitrogen and oxygen atoms in total. The van der Waals surface area contributed by atoms with Gasteiger partial charge in [-0.05, 0) is 30.7 Å². The van der Waals surface area contributed by atoms with Crippen molar-refractivity contribution in [3.05, 3.63) is 64.7 Å². The van der Waals surface area contributed by atoms with Crippen molar-refractivity contribution >= 4 is 17.7 Å². The maximum Gasteiger partial charge on any atom is 0.185 e. The van der Waals surface area contributed by atoms with Crippen LogP contribution >= 0.6 is 0 Å². The number of rotatable bonds is 6. The fraction of sp³-hybridized carbons (Fsp3) is 0.158. The van der Waals surface area contributed by atoms with E-state index in [1.807, 2.05) is 13.0 Å². The first-order chi connectivity index (χ1) is 12.0. The summed E-state index contributed by atoms with van der Waals surface area (Å²) in [6, 6.07) is 10.5. The van der Waals surface area contributed by atoms with Crippen LogP contribution in [-0.4, -0.2) is 25.8 Å². The Bertz CT molecular complexity index is 825. The highest BCUT2D eigenvalue weighted by atomic mass is 16.5. The van der Waals surface area contributed by atoms with Gasteiger partial charge < -0.3 is 21.1 Å². The fourth-order valence-corrected chi connectivity index (χ4v) is 2.36. The summed E-state index contributed by atoms with van der Waals surface area (Å²) in [5, 5.41) is 3.42. The van der Waals surface area contributed by atoms with Crippen LogP contribution in [0.3, 0.4) is 0 Å². The zero-order chi connectivity index (χ0) is 18.4. The highest BCUT2D eigenvalue weighted by Gasteiger charge is 2.08. The number of ketones is 1. The normalized spacial score (nSPS) is 11.6. The standard InChI is InChI=1S/C19H21N3O3/c1-12-10-15(18(25-3)11-17(12)24-2)8-9-16(23)13-4-6-14(7-5-13)19(20)22-21/h4-11H,21H2,1-3H3,(H2,20,22)/b9-8+. The molecular formula is C19H21N3O3. The molecule has 0 aromatic heterocycles. The quantitative estimate of drug-likeness (QED) is 0.210. The Balaban J connectivity index is 2.24. The van der Waals surface area contributed by atoms with Crippen LogP contribution < -0.4 is 21.1 Å². The maximum atomic E-state index is 12.3. The number of allylic oxidation sites excluding steroid dienone is 1. The Morgan fingerprint density at radius 3 is 2.20 bits per heavy atom. The van der Waals surface area contributed by atoms with Crippen LogP contribution in [0.25, 0.3) is 6.08 Å². The van der Waals surface area contributed by atoms with Crippen LogP contribution in [0.2, 0.25) is 0 Å². The minimum atomic E-state index is -0.134. The molecule has 0 unspecified atom stereocenters. The molecule has 6 heteroatoms. The van der Waals surface area contributed by atoms with E-state index >= 15 is 0 Å². The van der Waals surface area contributed by atoms with Crippen LogP contribution in [-0.2, 0) is 0 Å². The summed E-state index contributed by atoms with van der Waals surface area (Å²) in [4.78, 5) is 12.3. The maximum absolute atomic E-state index is 12.3. The molecule has 2 aromatic rings. The summed E-state index contributed by atoms with van der Waals surface area (Å²) in [6.07, 6.45) is 3.22. The average Bonchev–Trinajstić information content (AvgIpc) is 2.65. The summed E-state index contributed by atoms with van der Waals surface area (Å²) in [6.45, 7) is 1.93. The van der Waals surface area contributed by atoms with E-state index in [4.69, 9.17) is 21.1 Å². The number of aryl methyl sites for hydroxylation is 1. The molecule has 0 bridgehead atoms. The minimum absolute atomic E-state index is 0.134. The second-order valence-electron chi connectivity index (χ2n) is 5.35. The predicted molar refractivity (Wildman–Crippen MR) is 99.0 cm³/mol. The Labute approximate surface area is 146 Å². The fourth-order valence-electron chi connectivity index (χ4n) is 2.36.